The zero-order valence-electron chi connectivity index (χ0n) is 11.6. The second-order valence-corrected chi connectivity index (χ2v) is 6.87. The summed E-state index contributed by atoms with van der Waals surface area (Å²) in [5.74, 6) is 5.93. The fraction of sp³-hybridized carbons (Fsp3) is 0.429. The molecule has 0 saturated heterocycles. The van der Waals surface area contributed by atoms with E-state index in [9.17, 15) is 8.42 Å². The first-order valence-corrected chi connectivity index (χ1v) is 8.21. The molecule has 0 unspecified atom stereocenters. The van der Waals surface area contributed by atoms with E-state index in [0.717, 1.165) is 6.42 Å². The second kappa shape index (κ2) is 7.65. The summed E-state index contributed by atoms with van der Waals surface area (Å²) in [4.78, 5) is 0.0706. The van der Waals surface area contributed by atoms with Gasteiger partial charge < -0.3 is 5.73 Å². The molecule has 0 amide bonds. The molecule has 0 spiro atoms. The largest absolute Gasteiger partial charge is 0.320 e. The van der Waals surface area contributed by atoms with Gasteiger partial charge in [0.05, 0.1) is 11.6 Å². The average Bonchev–Trinajstić information content (AvgIpc) is 2.35. The molecular formula is C14H19ClN2O2S. The van der Waals surface area contributed by atoms with Gasteiger partial charge in [0, 0.05) is 12.1 Å². The third kappa shape index (κ3) is 5.14. The standard InChI is InChI=1S/C14H19ClN2O2S/c1-11(2)7-9-17-20(18,19)14-6-5-12(4-3-8-16)10-13(14)15/h5-6,10-11,17H,7-9,16H2,1-2H3. The normalized spacial score (nSPS) is 11.2. The third-order valence-electron chi connectivity index (χ3n) is 2.57. The smallest absolute Gasteiger partial charge is 0.242 e. The van der Waals surface area contributed by atoms with Crippen LogP contribution in [0.15, 0.2) is 23.1 Å². The Morgan fingerprint density at radius 3 is 2.65 bits per heavy atom. The van der Waals surface area contributed by atoms with Crippen molar-refractivity contribution in [3.05, 3.63) is 28.8 Å². The minimum absolute atomic E-state index is 0.0706. The molecule has 0 saturated carbocycles. The van der Waals surface area contributed by atoms with E-state index in [1.54, 1.807) is 6.07 Å². The SMILES string of the molecule is CC(C)CCNS(=O)(=O)c1ccc(C#CCN)cc1Cl. The Morgan fingerprint density at radius 1 is 1.40 bits per heavy atom. The summed E-state index contributed by atoms with van der Waals surface area (Å²) in [5.41, 5.74) is 5.92. The van der Waals surface area contributed by atoms with Crippen molar-refractivity contribution < 1.29 is 8.42 Å². The molecule has 0 aromatic heterocycles. The summed E-state index contributed by atoms with van der Waals surface area (Å²) in [6.45, 7) is 4.71. The summed E-state index contributed by atoms with van der Waals surface area (Å²) in [6.07, 6.45) is 0.775. The molecular weight excluding hydrogens is 296 g/mol. The van der Waals surface area contributed by atoms with Crippen molar-refractivity contribution in [2.75, 3.05) is 13.1 Å². The number of hydrogen-bond donors (Lipinski definition) is 2. The first-order valence-electron chi connectivity index (χ1n) is 6.35. The van der Waals surface area contributed by atoms with Crippen LogP contribution >= 0.6 is 11.6 Å². The van der Waals surface area contributed by atoms with Crippen LogP contribution in [0, 0.1) is 17.8 Å². The lowest BCUT2D eigenvalue weighted by Gasteiger charge is -2.09. The van der Waals surface area contributed by atoms with Crippen molar-refractivity contribution in [3.8, 4) is 11.8 Å². The van der Waals surface area contributed by atoms with Crippen LogP contribution in [-0.4, -0.2) is 21.5 Å². The molecule has 0 heterocycles. The van der Waals surface area contributed by atoms with Crippen LogP contribution < -0.4 is 10.5 Å². The van der Waals surface area contributed by atoms with E-state index in [2.05, 4.69) is 16.6 Å². The Kier molecular flexibility index (Phi) is 6.50. The molecule has 0 aliphatic heterocycles. The highest BCUT2D eigenvalue weighted by Gasteiger charge is 2.17. The van der Waals surface area contributed by atoms with Gasteiger partial charge in [-0.25, -0.2) is 13.1 Å². The molecule has 1 rings (SSSR count). The maximum absolute atomic E-state index is 12.1. The maximum atomic E-state index is 12.1. The van der Waals surface area contributed by atoms with Crippen LogP contribution in [0.3, 0.4) is 0 Å². The highest BCUT2D eigenvalue weighted by molar-refractivity contribution is 7.89. The third-order valence-corrected chi connectivity index (χ3v) is 4.51. The number of benzene rings is 1. The molecule has 0 bridgehead atoms. The first kappa shape index (κ1) is 17.0. The minimum Gasteiger partial charge on any atom is -0.320 e. The summed E-state index contributed by atoms with van der Waals surface area (Å²) in [6, 6.07) is 4.60. The van der Waals surface area contributed by atoms with Gasteiger partial charge in [-0.15, -0.1) is 0 Å². The summed E-state index contributed by atoms with van der Waals surface area (Å²) < 4.78 is 26.8. The van der Waals surface area contributed by atoms with Gasteiger partial charge in [0.1, 0.15) is 4.90 Å². The van der Waals surface area contributed by atoms with Crippen LogP contribution in [0.2, 0.25) is 5.02 Å². The van der Waals surface area contributed by atoms with Crippen LogP contribution in [0.25, 0.3) is 0 Å². The number of sulfonamides is 1. The minimum atomic E-state index is -3.58. The molecule has 6 heteroatoms. The highest BCUT2D eigenvalue weighted by atomic mass is 35.5. The summed E-state index contributed by atoms with van der Waals surface area (Å²) in [7, 11) is -3.58. The van der Waals surface area contributed by atoms with E-state index in [-0.39, 0.29) is 16.5 Å². The second-order valence-electron chi connectivity index (χ2n) is 4.73. The molecule has 0 radical (unpaired) electrons. The highest BCUT2D eigenvalue weighted by Crippen LogP contribution is 2.22. The Labute approximate surface area is 125 Å². The molecule has 1 aromatic carbocycles. The molecule has 0 aliphatic carbocycles. The Balaban J connectivity index is 2.90. The lowest BCUT2D eigenvalue weighted by molar-refractivity contribution is 0.551. The van der Waals surface area contributed by atoms with Gasteiger partial charge in [-0.3, -0.25) is 0 Å². The van der Waals surface area contributed by atoms with Gasteiger partial charge in [-0.2, -0.15) is 0 Å². The van der Waals surface area contributed by atoms with E-state index < -0.39 is 10.0 Å². The molecule has 0 fully saturated rings. The van der Waals surface area contributed by atoms with Gasteiger partial charge in [0.15, 0.2) is 0 Å². The monoisotopic (exact) mass is 314 g/mol. The fourth-order valence-electron chi connectivity index (χ4n) is 1.51. The number of halogens is 1. The van der Waals surface area contributed by atoms with Crippen LogP contribution in [0.5, 0.6) is 0 Å². The van der Waals surface area contributed by atoms with E-state index in [1.165, 1.54) is 12.1 Å². The molecule has 3 N–H and O–H groups in total. The van der Waals surface area contributed by atoms with Gasteiger partial charge in [-0.05, 0) is 30.5 Å². The number of nitrogens with one attached hydrogen (secondary N) is 1. The molecule has 0 aliphatic rings. The van der Waals surface area contributed by atoms with Crippen molar-refractivity contribution in [2.24, 2.45) is 11.7 Å². The Hall–Kier alpha value is -1.06. The van der Waals surface area contributed by atoms with Crippen molar-refractivity contribution in [3.63, 3.8) is 0 Å². The van der Waals surface area contributed by atoms with Crippen LogP contribution in [0.4, 0.5) is 0 Å². The summed E-state index contributed by atoms with van der Waals surface area (Å²) in [5, 5.41) is 0.158. The van der Waals surface area contributed by atoms with Crippen molar-refractivity contribution in [1.82, 2.24) is 4.72 Å². The molecule has 20 heavy (non-hydrogen) atoms. The number of hydrogen-bond acceptors (Lipinski definition) is 3. The van der Waals surface area contributed by atoms with Gasteiger partial charge >= 0.3 is 0 Å². The quantitative estimate of drug-likeness (QED) is 0.816. The van der Waals surface area contributed by atoms with E-state index >= 15 is 0 Å². The van der Waals surface area contributed by atoms with E-state index in [1.807, 2.05) is 13.8 Å². The molecule has 0 atom stereocenters. The average molecular weight is 315 g/mol. The molecule has 1 aromatic rings. The van der Waals surface area contributed by atoms with Crippen LogP contribution in [-0.2, 0) is 10.0 Å². The van der Waals surface area contributed by atoms with Crippen molar-refractivity contribution in [2.45, 2.75) is 25.2 Å². The predicted octanol–water partition coefficient (Wildman–Crippen LogP) is 1.97. The van der Waals surface area contributed by atoms with Gasteiger partial charge in [0.2, 0.25) is 10.0 Å². The number of rotatable bonds is 5. The first-order chi connectivity index (χ1) is 9.36. The zero-order valence-corrected chi connectivity index (χ0v) is 13.2. The Morgan fingerprint density at radius 2 is 2.10 bits per heavy atom. The fourth-order valence-corrected chi connectivity index (χ4v) is 3.10. The zero-order chi connectivity index (χ0) is 15.2. The number of nitrogens with two attached hydrogens (primary N) is 1. The molecule has 4 nitrogen and oxygen atoms in total. The van der Waals surface area contributed by atoms with E-state index in [0.29, 0.717) is 18.0 Å². The van der Waals surface area contributed by atoms with Crippen molar-refractivity contribution >= 4 is 21.6 Å². The lowest BCUT2D eigenvalue weighted by Crippen LogP contribution is -2.25. The van der Waals surface area contributed by atoms with Crippen molar-refractivity contribution in [1.29, 1.82) is 0 Å². The van der Waals surface area contributed by atoms with Gasteiger partial charge in [0.25, 0.3) is 0 Å². The van der Waals surface area contributed by atoms with E-state index in [4.69, 9.17) is 17.3 Å². The van der Waals surface area contributed by atoms with Crippen LogP contribution in [0.1, 0.15) is 25.8 Å². The maximum Gasteiger partial charge on any atom is 0.242 e. The molecule has 110 valence electrons. The van der Waals surface area contributed by atoms with Gasteiger partial charge in [-0.1, -0.05) is 37.3 Å². The summed E-state index contributed by atoms with van der Waals surface area (Å²) >= 11 is 6.02. The Bertz CT molecular complexity index is 616. The topological polar surface area (TPSA) is 72.2 Å². The lowest BCUT2D eigenvalue weighted by atomic mass is 10.1. The predicted molar refractivity (Wildman–Crippen MR) is 82.0 cm³/mol.